The van der Waals surface area contributed by atoms with E-state index in [9.17, 15) is 13.2 Å². The van der Waals surface area contributed by atoms with Crippen LogP contribution in [-0.2, 0) is 0 Å². The van der Waals surface area contributed by atoms with Crippen molar-refractivity contribution in [3.63, 3.8) is 0 Å². The second-order valence-electron chi connectivity index (χ2n) is 3.53. The first kappa shape index (κ1) is 11.4. The van der Waals surface area contributed by atoms with Crippen LogP contribution in [0.5, 0.6) is 0 Å². The Balaban J connectivity index is 2.49. The molecule has 0 atom stereocenters. The predicted octanol–water partition coefficient (Wildman–Crippen LogP) is 2.44. The maximum absolute atomic E-state index is 13.6. The van der Waals surface area contributed by atoms with Crippen LogP contribution >= 0.6 is 0 Å². The van der Waals surface area contributed by atoms with Gasteiger partial charge in [-0.15, -0.1) is 0 Å². The van der Waals surface area contributed by atoms with Crippen molar-refractivity contribution in [2.24, 2.45) is 0 Å². The monoisotopic (exact) mass is 242 g/mol. The number of halogens is 3. The van der Waals surface area contributed by atoms with Gasteiger partial charge in [0, 0.05) is 5.69 Å². The number of aryl methyl sites for hydroxylation is 1. The van der Waals surface area contributed by atoms with Crippen LogP contribution in [0.15, 0.2) is 12.1 Å². The van der Waals surface area contributed by atoms with Crippen LogP contribution in [0.25, 0.3) is 11.4 Å². The number of hydrogen-bond donors (Lipinski definition) is 2. The number of nitrogens with two attached hydrogens (primary N) is 1. The second-order valence-corrected chi connectivity index (χ2v) is 3.53. The van der Waals surface area contributed by atoms with Crippen LogP contribution in [-0.4, -0.2) is 15.2 Å². The van der Waals surface area contributed by atoms with Crippen molar-refractivity contribution in [1.29, 1.82) is 0 Å². The van der Waals surface area contributed by atoms with Crippen LogP contribution in [0, 0.1) is 12.7 Å². The summed E-state index contributed by atoms with van der Waals surface area (Å²) in [5, 5.41) is 5.57. The molecule has 0 radical (unpaired) electrons. The lowest BCUT2D eigenvalue weighted by atomic mass is 10.1. The molecular formula is C10H9F3N4. The number of benzene rings is 1. The molecule has 4 nitrogen and oxygen atoms in total. The fourth-order valence-electron chi connectivity index (χ4n) is 1.35. The van der Waals surface area contributed by atoms with E-state index in [0.29, 0.717) is 11.3 Å². The lowest BCUT2D eigenvalue weighted by Gasteiger charge is -2.03. The van der Waals surface area contributed by atoms with Gasteiger partial charge in [0.25, 0.3) is 6.43 Å². The maximum atomic E-state index is 13.6. The van der Waals surface area contributed by atoms with Crippen molar-refractivity contribution in [2.45, 2.75) is 13.3 Å². The molecule has 0 aliphatic carbocycles. The molecule has 0 fully saturated rings. The summed E-state index contributed by atoms with van der Waals surface area (Å²) in [4.78, 5) is 3.50. The third kappa shape index (κ3) is 2.08. The first-order valence-corrected chi connectivity index (χ1v) is 4.75. The SMILES string of the molecule is Cc1cc(F)c(-c2n[nH]c(C(F)F)n2)cc1N. The van der Waals surface area contributed by atoms with Gasteiger partial charge < -0.3 is 5.73 Å². The van der Waals surface area contributed by atoms with Gasteiger partial charge in [0.1, 0.15) is 5.82 Å². The quantitative estimate of drug-likeness (QED) is 0.795. The van der Waals surface area contributed by atoms with E-state index in [2.05, 4.69) is 10.1 Å². The Morgan fingerprint density at radius 2 is 2.06 bits per heavy atom. The summed E-state index contributed by atoms with van der Waals surface area (Å²) in [7, 11) is 0. The van der Waals surface area contributed by atoms with Gasteiger partial charge in [0.2, 0.25) is 0 Å². The van der Waals surface area contributed by atoms with Crippen molar-refractivity contribution in [1.82, 2.24) is 15.2 Å². The number of aromatic nitrogens is 3. The molecule has 0 amide bonds. The first-order chi connectivity index (χ1) is 7.99. The van der Waals surface area contributed by atoms with Crippen LogP contribution in [0.2, 0.25) is 0 Å². The first-order valence-electron chi connectivity index (χ1n) is 4.75. The molecule has 0 unspecified atom stereocenters. The van der Waals surface area contributed by atoms with E-state index in [4.69, 9.17) is 5.73 Å². The Labute approximate surface area is 94.7 Å². The molecule has 0 spiro atoms. The van der Waals surface area contributed by atoms with Crippen molar-refractivity contribution < 1.29 is 13.2 Å². The van der Waals surface area contributed by atoms with Crippen molar-refractivity contribution in [3.8, 4) is 11.4 Å². The standard InChI is InChI=1S/C10H9F3N4/c1-4-2-6(11)5(3-7(4)14)9-15-10(8(12)13)17-16-9/h2-3,8H,14H2,1H3,(H,15,16,17). The Hall–Kier alpha value is -2.05. The van der Waals surface area contributed by atoms with Crippen LogP contribution in [0.3, 0.4) is 0 Å². The number of nitrogens with zero attached hydrogens (tertiary/aromatic N) is 2. The molecule has 17 heavy (non-hydrogen) atoms. The van der Waals surface area contributed by atoms with Gasteiger partial charge in [0.05, 0.1) is 5.56 Å². The number of aromatic amines is 1. The Bertz CT molecular complexity index is 550. The number of alkyl halides is 2. The molecule has 90 valence electrons. The van der Waals surface area contributed by atoms with Gasteiger partial charge in [-0.05, 0) is 24.6 Å². The molecule has 1 heterocycles. The maximum Gasteiger partial charge on any atom is 0.296 e. The molecule has 0 aliphatic rings. The Kier molecular flexibility index (Phi) is 2.74. The highest BCUT2D eigenvalue weighted by Crippen LogP contribution is 2.25. The van der Waals surface area contributed by atoms with E-state index in [1.807, 2.05) is 5.10 Å². The van der Waals surface area contributed by atoms with Gasteiger partial charge in [-0.25, -0.2) is 18.2 Å². The zero-order valence-electron chi connectivity index (χ0n) is 8.84. The molecule has 0 saturated heterocycles. The van der Waals surface area contributed by atoms with Crippen LogP contribution in [0.1, 0.15) is 17.8 Å². The zero-order chi connectivity index (χ0) is 12.6. The van der Waals surface area contributed by atoms with Gasteiger partial charge in [-0.3, -0.25) is 5.10 Å². The van der Waals surface area contributed by atoms with Gasteiger partial charge in [-0.2, -0.15) is 5.10 Å². The van der Waals surface area contributed by atoms with E-state index in [-0.39, 0.29) is 11.4 Å². The van der Waals surface area contributed by atoms with Crippen molar-refractivity contribution >= 4 is 5.69 Å². The van der Waals surface area contributed by atoms with Gasteiger partial charge >= 0.3 is 0 Å². The minimum atomic E-state index is -2.78. The third-order valence-electron chi connectivity index (χ3n) is 2.31. The summed E-state index contributed by atoms with van der Waals surface area (Å²) >= 11 is 0. The summed E-state index contributed by atoms with van der Waals surface area (Å²) in [6.07, 6.45) is -2.78. The lowest BCUT2D eigenvalue weighted by Crippen LogP contribution is -1.95. The molecule has 2 rings (SSSR count). The molecule has 1 aromatic carbocycles. The number of nitrogens with one attached hydrogen (secondary N) is 1. The molecular weight excluding hydrogens is 233 g/mol. The van der Waals surface area contributed by atoms with Crippen LogP contribution < -0.4 is 5.73 Å². The number of H-pyrrole nitrogens is 1. The fourth-order valence-corrected chi connectivity index (χ4v) is 1.35. The number of anilines is 1. The fraction of sp³-hybridized carbons (Fsp3) is 0.200. The second kappa shape index (κ2) is 4.08. The van der Waals surface area contributed by atoms with Gasteiger partial charge in [0.15, 0.2) is 11.6 Å². The van der Waals surface area contributed by atoms with E-state index in [1.54, 1.807) is 6.92 Å². The van der Waals surface area contributed by atoms with Crippen molar-refractivity contribution in [3.05, 3.63) is 29.3 Å². The largest absolute Gasteiger partial charge is 0.398 e. The van der Waals surface area contributed by atoms with E-state index >= 15 is 0 Å². The molecule has 0 bridgehead atoms. The summed E-state index contributed by atoms with van der Waals surface area (Å²) < 4.78 is 38.2. The molecule has 3 N–H and O–H groups in total. The van der Waals surface area contributed by atoms with E-state index in [0.717, 1.165) is 0 Å². The third-order valence-corrected chi connectivity index (χ3v) is 2.31. The molecule has 0 aliphatic heterocycles. The predicted molar refractivity (Wildman–Crippen MR) is 55.9 cm³/mol. The smallest absolute Gasteiger partial charge is 0.296 e. The number of rotatable bonds is 2. The molecule has 0 saturated carbocycles. The van der Waals surface area contributed by atoms with Gasteiger partial charge in [-0.1, -0.05) is 0 Å². The Morgan fingerprint density at radius 1 is 1.35 bits per heavy atom. The highest BCUT2D eigenvalue weighted by Gasteiger charge is 2.17. The zero-order valence-corrected chi connectivity index (χ0v) is 8.84. The highest BCUT2D eigenvalue weighted by atomic mass is 19.3. The normalized spacial score (nSPS) is 11.1. The van der Waals surface area contributed by atoms with Crippen molar-refractivity contribution in [2.75, 3.05) is 5.73 Å². The van der Waals surface area contributed by atoms with E-state index < -0.39 is 18.1 Å². The molecule has 1 aromatic heterocycles. The van der Waals surface area contributed by atoms with Crippen LogP contribution in [0.4, 0.5) is 18.9 Å². The minimum absolute atomic E-state index is 0.00347. The Morgan fingerprint density at radius 3 is 2.65 bits per heavy atom. The summed E-state index contributed by atoms with van der Waals surface area (Å²) in [5.41, 5.74) is 6.53. The van der Waals surface area contributed by atoms with E-state index in [1.165, 1.54) is 12.1 Å². The number of nitrogen functional groups attached to an aromatic ring is 1. The number of hydrogen-bond acceptors (Lipinski definition) is 3. The topological polar surface area (TPSA) is 67.6 Å². The molecule has 2 aromatic rings. The summed E-state index contributed by atoms with van der Waals surface area (Å²) in [5.74, 6) is -1.33. The summed E-state index contributed by atoms with van der Waals surface area (Å²) in [6.45, 7) is 1.64. The summed E-state index contributed by atoms with van der Waals surface area (Å²) in [6, 6.07) is 2.53. The average molecular weight is 242 g/mol. The molecule has 7 heteroatoms. The lowest BCUT2D eigenvalue weighted by molar-refractivity contribution is 0.141. The minimum Gasteiger partial charge on any atom is -0.398 e. The highest BCUT2D eigenvalue weighted by molar-refractivity contribution is 5.64. The average Bonchev–Trinajstić information content (AvgIpc) is 2.72.